The van der Waals surface area contributed by atoms with E-state index >= 15 is 4.39 Å². The first kappa shape index (κ1) is 22.3. The van der Waals surface area contributed by atoms with Gasteiger partial charge < -0.3 is 14.9 Å². The van der Waals surface area contributed by atoms with Crippen molar-refractivity contribution in [1.29, 1.82) is 0 Å². The Morgan fingerprint density at radius 3 is 2.70 bits per heavy atom. The smallest absolute Gasteiger partial charge is 0.199 e. The van der Waals surface area contributed by atoms with Crippen LogP contribution in [0.3, 0.4) is 0 Å². The van der Waals surface area contributed by atoms with Crippen molar-refractivity contribution in [2.75, 3.05) is 10.5 Å². The number of nitrogens with two attached hydrogens (primary N) is 1. The van der Waals surface area contributed by atoms with Crippen molar-refractivity contribution in [3.8, 4) is 11.1 Å². The van der Waals surface area contributed by atoms with Crippen LogP contribution in [0, 0.1) is 5.82 Å². The molecule has 2 aromatic carbocycles. The molecule has 2 heterocycles. The first-order valence-corrected chi connectivity index (χ1v) is 12.4. The zero-order chi connectivity index (χ0) is 23.1. The van der Waals surface area contributed by atoms with Crippen LogP contribution in [0.15, 0.2) is 53.8 Å². The van der Waals surface area contributed by atoms with Crippen LogP contribution >= 0.6 is 23.2 Å². The molecule has 1 aliphatic carbocycles. The number of rotatable bonds is 5. The molecule has 0 aliphatic heterocycles. The molecule has 1 fully saturated rings. The first-order valence-electron chi connectivity index (χ1n) is 10.5. The molecule has 33 heavy (non-hydrogen) atoms. The first-order chi connectivity index (χ1) is 15.9. The van der Waals surface area contributed by atoms with Crippen molar-refractivity contribution in [1.82, 2.24) is 14.5 Å². The fraction of sp³-hybridized carbons (Fsp3) is 0.217. The van der Waals surface area contributed by atoms with Gasteiger partial charge in [0.05, 0.1) is 10.4 Å². The number of nitrogens with one attached hydrogen (secondary N) is 1. The summed E-state index contributed by atoms with van der Waals surface area (Å²) in [6.07, 6.45) is 7.92. The highest BCUT2D eigenvalue weighted by atomic mass is 35.5. The molecule has 1 aliphatic rings. The van der Waals surface area contributed by atoms with Gasteiger partial charge >= 0.3 is 0 Å². The number of nitrogen functional groups attached to an aromatic ring is 1. The molecule has 0 radical (unpaired) electrons. The van der Waals surface area contributed by atoms with Gasteiger partial charge in [0.2, 0.25) is 0 Å². The van der Waals surface area contributed by atoms with Gasteiger partial charge in [0.1, 0.15) is 39.9 Å². The number of nitrogens with zero attached hydrogens (tertiary/aromatic N) is 3. The summed E-state index contributed by atoms with van der Waals surface area (Å²) >= 11 is 10.3. The third-order valence-corrected chi connectivity index (χ3v) is 8.03. The predicted octanol–water partition coefficient (Wildman–Crippen LogP) is 6.38. The second-order valence-corrected chi connectivity index (χ2v) is 9.93. The maximum Gasteiger partial charge on any atom is 0.199 e. The molecule has 0 saturated heterocycles. The van der Waals surface area contributed by atoms with Gasteiger partial charge in [-0.05, 0) is 42.7 Å². The van der Waals surface area contributed by atoms with E-state index < -0.39 is 17.2 Å². The fourth-order valence-corrected chi connectivity index (χ4v) is 5.85. The van der Waals surface area contributed by atoms with E-state index in [0.717, 1.165) is 24.1 Å². The van der Waals surface area contributed by atoms with Gasteiger partial charge in [-0.2, -0.15) is 0 Å². The van der Waals surface area contributed by atoms with E-state index in [1.165, 1.54) is 25.2 Å². The lowest BCUT2D eigenvalue weighted by Gasteiger charge is -2.14. The topological polar surface area (TPSA) is 91.8 Å². The monoisotopic (exact) mass is 503 g/mol. The highest BCUT2D eigenvalue weighted by Gasteiger charge is 2.24. The van der Waals surface area contributed by atoms with E-state index in [1.54, 1.807) is 30.3 Å². The summed E-state index contributed by atoms with van der Waals surface area (Å²) < 4.78 is 32.6. The zero-order valence-corrected chi connectivity index (χ0v) is 19.7. The number of anilines is 2. The molecular formula is C23H20Cl2FN5OS. The quantitative estimate of drug-likeness (QED) is 0.308. The number of fused-ring (bicyclic) bond motifs is 1. The number of benzene rings is 2. The molecule has 1 unspecified atom stereocenters. The van der Waals surface area contributed by atoms with Crippen molar-refractivity contribution in [3.63, 3.8) is 0 Å². The molecule has 0 bridgehead atoms. The Bertz CT molecular complexity index is 1340. The minimum absolute atomic E-state index is 0.0804. The van der Waals surface area contributed by atoms with Gasteiger partial charge in [0.15, 0.2) is 10.7 Å². The van der Waals surface area contributed by atoms with E-state index in [4.69, 9.17) is 28.9 Å². The van der Waals surface area contributed by atoms with Crippen LogP contribution in [0.1, 0.15) is 31.7 Å². The lowest BCUT2D eigenvalue weighted by atomic mass is 10.1. The van der Waals surface area contributed by atoms with Gasteiger partial charge in [-0.25, -0.2) is 19.1 Å². The van der Waals surface area contributed by atoms with Crippen molar-refractivity contribution >= 4 is 57.1 Å². The van der Waals surface area contributed by atoms with Crippen molar-refractivity contribution < 1.29 is 8.94 Å². The summed E-state index contributed by atoms with van der Waals surface area (Å²) in [6, 6.07) is 9.82. The average molecular weight is 504 g/mol. The van der Waals surface area contributed by atoms with Crippen LogP contribution in [0.2, 0.25) is 10.0 Å². The second kappa shape index (κ2) is 9.02. The van der Waals surface area contributed by atoms with E-state index in [-0.39, 0.29) is 20.6 Å². The summed E-state index contributed by atoms with van der Waals surface area (Å²) in [5.41, 5.74) is 8.43. The molecule has 2 aromatic heterocycles. The van der Waals surface area contributed by atoms with E-state index in [0.29, 0.717) is 22.8 Å². The van der Waals surface area contributed by atoms with Crippen molar-refractivity contribution in [3.05, 3.63) is 64.8 Å². The molecule has 3 N–H and O–H groups in total. The van der Waals surface area contributed by atoms with Crippen LogP contribution < -0.4 is 10.5 Å². The molecule has 0 spiro atoms. The van der Waals surface area contributed by atoms with Crippen LogP contribution in [0.4, 0.5) is 15.9 Å². The highest BCUT2D eigenvalue weighted by Crippen LogP contribution is 2.39. The lowest BCUT2D eigenvalue weighted by molar-refractivity contribution is 0.532. The normalized spacial score (nSPS) is 15.3. The van der Waals surface area contributed by atoms with Crippen molar-refractivity contribution in [2.24, 2.45) is 0 Å². The van der Waals surface area contributed by atoms with Gasteiger partial charge in [0, 0.05) is 17.8 Å². The Kier molecular flexibility index (Phi) is 6.09. The van der Waals surface area contributed by atoms with E-state index in [2.05, 4.69) is 19.3 Å². The molecule has 1 saturated carbocycles. The second-order valence-electron chi connectivity index (χ2n) is 7.96. The minimum Gasteiger partial charge on any atom is -0.588 e. The SMILES string of the molecule is Nc1ncnc2c1c(-c1ccc(N[S+]([O-])c3cccc(Cl)c3Cl)c(F)c1)cn2C1CCCC1. The Morgan fingerprint density at radius 2 is 1.94 bits per heavy atom. The molecular weight excluding hydrogens is 484 g/mol. The molecule has 6 nitrogen and oxygen atoms in total. The summed E-state index contributed by atoms with van der Waals surface area (Å²) in [5, 5.41) is 1.15. The highest BCUT2D eigenvalue weighted by molar-refractivity contribution is 7.92. The van der Waals surface area contributed by atoms with Gasteiger partial charge in [-0.15, -0.1) is 0 Å². The van der Waals surface area contributed by atoms with Crippen LogP contribution in [0.5, 0.6) is 0 Å². The largest absolute Gasteiger partial charge is 0.588 e. The van der Waals surface area contributed by atoms with Gasteiger partial charge in [0.25, 0.3) is 0 Å². The maximum absolute atomic E-state index is 15.1. The Morgan fingerprint density at radius 1 is 1.15 bits per heavy atom. The summed E-state index contributed by atoms with van der Waals surface area (Å²) in [4.78, 5) is 8.88. The Hall–Kier alpha value is -2.52. The Balaban J connectivity index is 1.50. The third kappa shape index (κ3) is 4.12. The predicted molar refractivity (Wildman–Crippen MR) is 131 cm³/mol. The zero-order valence-electron chi connectivity index (χ0n) is 17.4. The number of aromatic nitrogens is 3. The average Bonchev–Trinajstić information content (AvgIpc) is 3.45. The summed E-state index contributed by atoms with van der Waals surface area (Å²) in [7, 11) is 0. The molecule has 4 aromatic rings. The van der Waals surface area contributed by atoms with Crippen LogP contribution in [0.25, 0.3) is 22.2 Å². The lowest BCUT2D eigenvalue weighted by Crippen LogP contribution is -2.14. The number of halogens is 3. The molecule has 1 atom stereocenters. The molecule has 10 heteroatoms. The van der Waals surface area contributed by atoms with Gasteiger partial charge in [-0.1, -0.05) is 48.2 Å². The molecule has 0 amide bonds. The van der Waals surface area contributed by atoms with E-state index in [9.17, 15) is 4.55 Å². The van der Waals surface area contributed by atoms with Crippen LogP contribution in [-0.2, 0) is 11.4 Å². The minimum atomic E-state index is -1.79. The number of hydrogen-bond acceptors (Lipinski definition) is 5. The summed E-state index contributed by atoms with van der Waals surface area (Å²) in [5.74, 6) is -0.206. The van der Waals surface area contributed by atoms with E-state index in [1.807, 2.05) is 6.20 Å². The maximum atomic E-state index is 15.1. The van der Waals surface area contributed by atoms with Gasteiger partial charge in [-0.3, -0.25) is 0 Å². The fourth-order valence-electron chi connectivity index (χ4n) is 4.34. The van der Waals surface area contributed by atoms with Crippen molar-refractivity contribution in [2.45, 2.75) is 36.6 Å². The summed E-state index contributed by atoms with van der Waals surface area (Å²) in [6.45, 7) is 0. The number of hydrogen-bond donors (Lipinski definition) is 2. The standard InChI is InChI=1S/C23H20Cl2FN5OS/c24-16-6-3-7-19(21(16)25)33(32)30-18-9-8-13(10-17(18)26)15-11-31(14-4-1-2-5-14)23-20(15)22(27)28-12-29-23/h3,6-12,14,30H,1-2,4-5H2,(H2,27,28,29). The van der Waals surface area contributed by atoms with Crippen LogP contribution in [-0.4, -0.2) is 19.1 Å². The molecule has 5 rings (SSSR count). The Labute approximate surface area is 203 Å². The molecule has 170 valence electrons. The third-order valence-electron chi connectivity index (χ3n) is 5.96.